The van der Waals surface area contributed by atoms with Gasteiger partial charge in [-0.05, 0) is 74.5 Å². The van der Waals surface area contributed by atoms with Gasteiger partial charge in [0.1, 0.15) is 5.82 Å². The molecule has 21 heavy (non-hydrogen) atoms. The lowest BCUT2D eigenvalue weighted by Crippen LogP contribution is -2.29. The van der Waals surface area contributed by atoms with Crippen molar-refractivity contribution < 1.29 is 4.39 Å². The Labute approximate surface area is 126 Å². The van der Waals surface area contributed by atoms with Gasteiger partial charge in [0.25, 0.3) is 0 Å². The van der Waals surface area contributed by atoms with E-state index >= 15 is 0 Å². The Hall–Kier alpha value is -1.74. The predicted molar refractivity (Wildman–Crippen MR) is 84.9 cm³/mol. The first-order chi connectivity index (χ1) is 10.1. The number of nitrogens with one attached hydrogen (secondary N) is 1. The summed E-state index contributed by atoms with van der Waals surface area (Å²) in [5.41, 5.74) is 3.07. The Bertz CT molecular complexity index is 554. The quantitative estimate of drug-likeness (QED) is 0.785. The van der Waals surface area contributed by atoms with Crippen LogP contribution in [0.4, 0.5) is 4.39 Å². The number of benzene rings is 1. The third-order valence-electron chi connectivity index (χ3n) is 3.66. The second-order valence-corrected chi connectivity index (χ2v) is 5.60. The number of aromatic nitrogens is 1. The zero-order valence-corrected chi connectivity index (χ0v) is 12.8. The minimum atomic E-state index is -0.114. The molecule has 0 radical (unpaired) electrons. The van der Waals surface area contributed by atoms with Crippen molar-refractivity contribution in [3.63, 3.8) is 0 Å². The maximum atomic E-state index is 13.5. The molecular formula is C18H23FN2. The van der Waals surface area contributed by atoms with Crippen LogP contribution in [0.15, 0.2) is 42.7 Å². The first kappa shape index (κ1) is 15.6. The molecule has 0 aliphatic rings. The van der Waals surface area contributed by atoms with Gasteiger partial charge >= 0.3 is 0 Å². The molecule has 1 aromatic carbocycles. The normalized spacial score (nSPS) is 12.3. The number of hydrogen-bond donors (Lipinski definition) is 1. The number of rotatable bonds is 7. The van der Waals surface area contributed by atoms with Gasteiger partial charge in [0.2, 0.25) is 0 Å². The zero-order valence-electron chi connectivity index (χ0n) is 12.8. The second-order valence-electron chi connectivity index (χ2n) is 5.60. The molecule has 2 rings (SSSR count). The molecule has 1 unspecified atom stereocenters. The molecule has 112 valence electrons. The molecule has 0 spiro atoms. The average Bonchev–Trinajstić information content (AvgIpc) is 2.49. The van der Waals surface area contributed by atoms with Gasteiger partial charge in [0.15, 0.2) is 0 Å². The van der Waals surface area contributed by atoms with Crippen LogP contribution in [-0.2, 0) is 12.8 Å². The van der Waals surface area contributed by atoms with Crippen LogP contribution in [0, 0.1) is 12.7 Å². The molecule has 2 aromatic rings. The number of aryl methyl sites for hydroxylation is 2. The summed E-state index contributed by atoms with van der Waals surface area (Å²) in [7, 11) is 0. The molecular weight excluding hydrogens is 263 g/mol. The smallest absolute Gasteiger partial charge is 0.126 e. The van der Waals surface area contributed by atoms with E-state index in [9.17, 15) is 4.39 Å². The van der Waals surface area contributed by atoms with Crippen molar-refractivity contribution in [3.8, 4) is 0 Å². The maximum absolute atomic E-state index is 13.5. The van der Waals surface area contributed by atoms with Crippen LogP contribution >= 0.6 is 0 Å². The Morgan fingerprint density at radius 3 is 2.62 bits per heavy atom. The fourth-order valence-electron chi connectivity index (χ4n) is 2.38. The van der Waals surface area contributed by atoms with E-state index in [2.05, 4.69) is 29.4 Å². The van der Waals surface area contributed by atoms with Gasteiger partial charge in [-0.2, -0.15) is 0 Å². The molecule has 1 heterocycles. The Balaban J connectivity index is 1.70. The van der Waals surface area contributed by atoms with Crippen molar-refractivity contribution in [1.29, 1.82) is 0 Å². The molecule has 0 saturated heterocycles. The third kappa shape index (κ3) is 5.27. The largest absolute Gasteiger partial charge is 0.314 e. The molecule has 3 heteroatoms. The highest BCUT2D eigenvalue weighted by Crippen LogP contribution is 2.11. The third-order valence-corrected chi connectivity index (χ3v) is 3.66. The summed E-state index contributed by atoms with van der Waals surface area (Å²) in [6.07, 6.45) is 6.67. The first-order valence-corrected chi connectivity index (χ1v) is 7.52. The number of nitrogens with zero attached hydrogens (tertiary/aromatic N) is 1. The van der Waals surface area contributed by atoms with E-state index in [4.69, 9.17) is 0 Å². The Morgan fingerprint density at radius 2 is 1.90 bits per heavy atom. The van der Waals surface area contributed by atoms with Gasteiger partial charge in [-0.3, -0.25) is 4.98 Å². The summed E-state index contributed by atoms with van der Waals surface area (Å²) in [5.74, 6) is -0.114. The number of halogens is 1. The first-order valence-electron chi connectivity index (χ1n) is 7.52. The van der Waals surface area contributed by atoms with E-state index < -0.39 is 0 Å². The lowest BCUT2D eigenvalue weighted by Gasteiger charge is -2.14. The van der Waals surface area contributed by atoms with Gasteiger partial charge in [0.05, 0.1) is 0 Å². The second kappa shape index (κ2) is 7.89. The van der Waals surface area contributed by atoms with Crippen LogP contribution in [0.3, 0.4) is 0 Å². The summed E-state index contributed by atoms with van der Waals surface area (Å²) in [4.78, 5) is 4.02. The molecule has 2 nitrogen and oxygen atoms in total. The van der Waals surface area contributed by atoms with Crippen molar-refractivity contribution in [1.82, 2.24) is 10.3 Å². The lowest BCUT2D eigenvalue weighted by atomic mass is 10.0. The van der Waals surface area contributed by atoms with E-state index in [1.807, 2.05) is 24.5 Å². The Kier molecular flexibility index (Phi) is 5.88. The van der Waals surface area contributed by atoms with Gasteiger partial charge in [-0.1, -0.05) is 12.1 Å². The number of hydrogen-bond acceptors (Lipinski definition) is 2. The monoisotopic (exact) mass is 286 g/mol. The highest BCUT2D eigenvalue weighted by Gasteiger charge is 2.05. The summed E-state index contributed by atoms with van der Waals surface area (Å²) in [6.45, 7) is 4.90. The van der Waals surface area contributed by atoms with Crippen molar-refractivity contribution in [2.24, 2.45) is 0 Å². The SMILES string of the molecule is Cc1ccc(CC(C)NCCCc2ccncc2)cc1F. The molecule has 1 N–H and O–H groups in total. The molecule has 0 saturated carbocycles. The van der Waals surface area contributed by atoms with Crippen molar-refractivity contribution in [3.05, 3.63) is 65.2 Å². The lowest BCUT2D eigenvalue weighted by molar-refractivity contribution is 0.531. The van der Waals surface area contributed by atoms with E-state index in [1.165, 1.54) is 5.56 Å². The van der Waals surface area contributed by atoms with Crippen LogP contribution in [0.25, 0.3) is 0 Å². The summed E-state index contributed by atoms with van der Waals surface area (Å²) in [5, 5.41) is 3.50. The van der Waals surface area contributed by atoms with Crippen LogP contribution in [0.1, 0.15) is 30.0 Å². The van der Waals surface area contributed by atoms with Crippen LogP contribution in [0.5, 0.6) is 0 Å². The van der Waals surface area contributed by atoms with Crippen LogP contribution in [-0.4, -0.2) is 17.6 Å². The molecule has 1 atom stereocenters. The standard InChI is InChI=1S/C18H23FN2/c1-14-5-6-17(13-18(14)19)12-15(2)21-9-3-4-16-7-10-20-11-8-16/h5-8,10-11,13,15,21H,3-4,9,12H2,1-2H3. The number of pyridine rings is 1. The summed E-state index contributed by atoms with van der Waals surface area (Å²) < 4.78 is 13.5. The minimum Gasteiger partial charge on any atom is -0.314 e. The van der Waals surface area contributed by atoms with Crippen LogP contribution < -0.4 is 5.32 Å². The highest BCUT2D eigenvalue weighted by molar-refractivity contribution is 5.23. The van der Waals surface area contributed by atoms with Crippen LogP contribution in [0.2, 0.25) is 0 Å². The predicted octanol–water partition coefficient (Wildman–Crippen LogP) is 3.68. The van der Waals surface area contributed by atoms with Gasteiger partial charge in [0, 0.05) is 18.4 Å². The van der Waals surface area contributed by atoms with E-state index in [-0.39, 0.29) is 5.82 Å². The zero-order chi connectivity index (χ0) is 15.1. The maximum Gasteiger partial charge on any atom is 0.126 e. The Morgan fingerprint density at radius 1 is 1.14 bits per heavy atom. The van der Waals surface area contributed by atoms with Gasteiger partial charge in [-0.25, -0.2) is 4.39 Å². The van der Waals surface area contributed by atoms with E-state index in [1.54, 1.807) is 13.0 Å². The van der Waals surface area contributed by atoms with Gasteiger partial charge in [-0.15, -0.1) is 0 Å². The van der Waals surface area contributed by atoms with Crippen molar-refractivity contribution >= 4 is 0 Å². The molecule has 0 fully saturated rings. The molecule has 0 aliphatic carbocycles. The summed E-state index contributed by atoms with van der Waals surface area (Å²) in [6, 6.07) is 9.96. The molecule has 0 bridgehead atoms. The fraction of sp³-hybridized carbons (Fsp3) is 0.389. The van der Waals surface area contributed by atoms with Gasteiger partial charge < -0.3 is 5.32 Å². The van der Waals surface area contributed by atoms with Crippen molar-refractivity contribution in [2.45, 2.75) is 39.2 Å². The molecule has 1 aromatic heterocycles. The minimum absolute atomic E-state index is 0.114. The summed E-state index contributed by atoms with van der Waals surface area (Å²) >= 11 is 0. The average molecular weight is 286 g/mol. The highest BCUT2D eigenvalue weighted by atomic mass is 19.1. The molecule has 0 amide bonds. The topological polar surface area (TPSA) is 24.9 Å². The fourth-order valence-corrected chi connectivity index (χ4v) is 2.38. The van der Waals surface area contributed by atoms with Crippen molar-refractivity contribution in [2.75, 3.05) is 6.54 Å². The van der Waals surface area contributed by atoms with E-state index in [0.29, 0.717) is 11.6 Å². The van der Waals surface area contributed by atoms with E-state index in [0.717, 1.165) is 31.4 Å². The molecule has 0 aliphatic heterocycles.